The Hall–Kier alpha value is -1.18. The number of nitrogens with one attached hydrogen (secondary N) is 1. The van der Waals surface area contributed by atoms with Crippen molar-refractivity contribution in [3.8, 4) is 0 Å². The molecule has 1 aromatic rings. The van der Waals surface area contributed by atoms with Crippen molar-refractivity contribution in [1.29, 1.82) is 0 Å². The zero-order chi connectivity index (χ0) is 13.9. The molecule has 100 valence electrons. The van der Waals surface area contributed by atoms with Gasteiger partial charge in [-0.2, -0.15) is 0 Å². The van der Waals surface area contributed by atoms with Gasteiger partial charge in [-0.15, -0.1) is 0 Å². The maximum Gasteiger partial charge on any atom is 0.252 e. The van der Waals surface area contributed by atoms with Crippen LogP contribution in [0.4, 0.5) is 4.39 Å². The topological polar surface area (TPSA) is 89.3 Å². The first-order valence-corrected chi connectivity index (χ1v) is 6.99. The van der Waals surface area contributed by atoms with Gasteiger partial charge in [0.05, 0.1) is 15.5 Å². The smallest absolute Gasteiger partial charge is 0.252 e. The van der Waals surface area contributed by atoms with E-state index >= 15 is 0 Å². The van der Waals surface area contributed by atoms with E-state index in [0.29, 0.717) is 19.0 Å². The molecule has 0 saturated carbocycles. The first kappa shape index (κ1) is 14.9. The minimum atomic E-state index is -4.10. The Morgan fingerprint density at radius 1 is 1.50 bits per heavy atom. The molecule has 0 saturated heterocycles. The molecule has 0 atom stereocenters. The van der Waals surface area contributed by atoms with E-state index in [-0.39, 0.29) is 5.56 Å². The SMILES string of the molecule is CCCNC(=O)c1cc(S(N)(=O)=O)cc(F)c1Cl. The fourth-order valence-electron chi connectivity index (χ4n) is 1.23. The number of amides is 1. The average Bonchev–Trinajstić information content (AvgIpc) is 2.27. The van der Waals surface area contributed by atoms with Crippen LogP contribution < -0.4 is 10.5 Å². The minimum absolute atomic E-state index is 0.255. The Kier molecular flexibility index (Phi) is 4.66. The molecule has 1 rings (SSSR count). The number of carbonyl (C=O) groups is 1. The van der Waals surface area contributed by atoms with Crippen LogP contribution in [0.25, 0.3) is 0 Å². The molecule has 0 spiro atoms. The lowest BCUT2D eigenvalue weighted by atomic mass is 10.2. The molecular formula is C10H12ClFN2O3S. The Morgan fingerprint density at radius 3 is 2.61 bits per heavy atom. The molecule has 1 amide bonds. The third-order valence-corrected chi connectivity index (χ3v) is 3.39. The van der Waals surface area contributed by atoms with Gasteiger partial charge >= 0.3 is 0 Å². The average molecular weight is 295 g/mol. The number of nitrogens with two attached hydrogens (primary N) is 1. The molecule has 5 nitrogen and oxygen atoms in total. The molecule has 0 aliphatic heterocycles. The predicted octanol–water partition coefficient (Wildman–Crippen LogP) is 1.27. The highest BCUT2D eigenvalue weighted by molar-refractivity contribution is 7.89. The Balaban J connectivity index is 3.27. The van der Waals surface area contributed by atoms with Gasteiger partial charge in [-0.05, 0) is 18.6 Å². The molecule has 0 bridgehead atoms. The molecule has 0 unspecified atom stereocenters. The fourth-order valence-corrected chi connectivity index (χ4v) is 1.97. The van der Waals surface area contributed by atoms with Gasteiger partial charge in [0.1, 0.15) is 5.82 Å². The second-order valence-electron chi connectivity index (χ2n) is 3.57. The molecule has 0 aliphatic carbocycles. The van der Waals surface area contributed by atoms with Crippen molar-refractivity contribution in [1.82, 2.24) is 5.32 Å². The Labute approximate surface area is 109 Å². The Morgan fingerprint density at radius 2 is 2.11 bits per heavy atom. The molecule has 3 N–H and O–H groups in total. The van der Waals surface area contributed by atoms with Crippen molar-refractivity contribution >= 4 is 27.5 Å². The third-order valence-electron chi connectivity index (χ3n) is 2.11. The first-order valence-electron chi connectivity index (χ1n) is 5.07. The summed E-state index contributed by atoms with van der Waals surface area (Å²) in [5.41, 5.74) is -0.255. The van der Waals surface area contributed by atoms with Gasteiger partial charge < -0.3 is 5.32 Å². The van der Waals surface area contributed by atoms with E-state index in [9.17, 15) is 17.6 Å². The van der Waals surface area contributed by atoms with E-state index in [2.05, 4.69) is 5.32 Å². The molecule has 0 aliphatic rings. The highest BCUT2D eigenvalue weighted by Crippen LogP contribution is 2.23. The van der Waals surface area contributed by atoms with Gasteiger partial charge in [-0.25, -0.2) is 17.9 Å². The van der Waals surface area contributed by atoms with E-state index < -0.39 is 31.7 Å². The van der Waals surface area contributed by atoms with Crippen LogP contribution >= 0.6 is 11.6 Å². The van der Waals surface area contributed by atoms with E-state index in [0.717, 1.165) is 6.07 Å². The number of sulfonamides is 1. The van der Waals surface area contributed by atoms with Crippen LogP contribution in [-0.4, -0.2) is 20.9 Å². The summed E-state index contributed by atoms with van der Waals surface area (Å²) in [6.45, 7) is 2.21. The molecule has 0 heterocycles. The maximum atomic E-state index is 13.4. The molecule has 8 heteroatoms. The normalized spacial score (nSPS) is 11.3. The van der Waals surface area contributed by atoms with Crippen LogP contribution in [0.1, 0.15) is 23.7 Å². The number of hydrogen-bond acceptors (Lipinski definition) is 3. The lowest BCUT2D eigenvalue weighted by Crippen LogP contribution is -2.25. The maximum absolute atomic E-state index is 13.4. The van der Waals surface area contributed by atoms with Gasteiger partial charge in [-0.3, -0.25) is 4.79 Å². The van der Waals surface area contributed by atoms with Gasteiger partial charge in [-0.1, -0.05) is 18.5 Å². The van der Waals surface area contributed by atoms with Crippen molar-refractivity contribution in [2.45, 2.75) is 18.2 Å². The standard InChI is InChI=1S/C10H12ClFN2O3S/c1-2-3-14-10(15)7-4-6(18(13,16)17)5-8(12)9(7)11/h4-5H,2-3H2,1H3,(H,14,15)(H2,13,16,17). The zero-order valence-electron chi connectivity index (χ0n) is 9.54. The van der Waals surface area contributed by atoms with Crippen LogP contribution in [0.5, 0.6) is 0 Å². The number of halogens is 2. The summed E-state index contributed by atoms with van der Waals surface area (Å²) in [5.74, 6) is -1.66. The molecule has 0 radical (unpaired) electrons. The molecule has 0 aromatic heterocycles. The molecule has 18 heavy (non-hydrogen) atoms. The quantitative estimate of drug-likeness (QED) is 0.876. The van der Waals surface area contributed by atoms with Crippen molar-refractivity contribution in [2.75, 3.05) is 6.54 Å². The highest BCUT2D eigenvalue weighted by atomic mass is 35.5. The van der Waals surface area contributed by atoms with E-state index in [1.165, 1.54) is 0 Å². The van der Waals surface area contributed by atoms with Gasteiger partial charge in [0.2, 0.25) is 10.0 Å². The summed E-state index contributed by atoms with van der Waals surface area (Å²) < 4.78 is 35.7. The van der Waals surface area contributed by atoms with E-state index in [1.54, 1.807) is 0 Å². The van der Waals surface area contributed by atoms with Gasteiger partial charge in [0.15, 0.2) is 0 Å². The highest BCUT2D eigenvalue weighted by Gasteiger charge is 2.19. The second-order valence-corrected chi connectivity index (χ2v) is 5.51. The van der Waals surface area contributed by atoms with Crippen LogP contribution in [0.15, 0.2) is 17.0 Å². The monoisotopic (exact) mass is 294 g/mol. The first-order chi connectivity index (χ1) is 8.27. The van der Waals surface area contributed by atoms with Crippen molar-refractivity contribution in [2.24, 2.45) is 5.14 Å². The van der Waals surface area contributed by atoms with Crippen LogP contribution in [0.3, 0.4) is 0 Å². The summed E-state index contributed by atoms with van der Waals surface area (Å²) in [6.07, 6.45) is 0.681. The summed E-state index contributed by atoms with van der Waals surface area (Å²) in [6, 6.07) is 1.63. The molecule has 0 fully saturated rings. The number of hydrogen-bond donors (Lipinski definition) is 2. The van der Waals surface area contributed by atoms with Crippen LogP contribution in [-0.2, 0) is 10.0 Å². The zero-order valence-corrected chi connectivity index (χ0v) is 11.1. The fraction of sp³-hybridized carbons (Fsp3) is 0.300. The van der Waals surface area contributed by atoms with Gasteiger partial charge in [0.25, 0.3) is 5.91 Å². The predicted molar refractivity (Wildman–Crippen MR) is 65.4 cm³/mol. The number of primary sulfonamides is 1. The summed E-state index contributed by atoms with van der Waals surface area (Å²) >= 11 is 5.62. The lowest BCUT2D eigenvalue weighted by Gasteiger charge is -2.08. The van der Waals surface area contributed by atoms with Crippen molar-refractivity contribution < 1.29 is 17.6 Å². The molecular weight excluding hydrogens is 283 g/mol. The summed E-state index contributed by atoms with van der Waals surface area (Å²) in [5, 5.41) is 6.91. The molecule has 1 aromatic carbocycles. The van der Waals surface area contributed by atoms with Crippen LogP contribution in [0.2, 0.25) is 5.02 Å². The second kappa shape index (κ2) is 5.64. The number of rotatable bonds is 4. The van der Waals surface area contributed by atoms with Crippen LogP contribution in [0, 0.1) is 5.82 Å². The van der Waals surface area contributed by atoms with Crippen molar-refractivity contribution in [3.05, 3.63) is 28.5 Å². The number of benzene rings is 1. The largest absolute Gasteiger partial charge is 0.352 e. The van der Waals surface area contributed by atoms with Crippen molar-refractivity contribution in [3.63, 3.8) is 0 Å². The summed E-state index contributed by atoms with van der Waals surface area (Å²) in [7, 11) is -4.10. The number of carbonyl (C=O) groups excluding carboxylic acids is 1. The Bertz CT molecular complexity index is 575. The lowest BCUT2D eigenvalue weighted by molar-refractivity contribution is 0.0953. The van der Waals surface area contributed by atoms with E-state index in [1.807, 2.05) is 6.92 Å². The van der Waals surface area contributed by atoms with E-state index in [4.69, 9.17) is 16.7 Å². The summed E-state index contributed by atoms with van der Waals surface area (Å²) in [4.78, 5) is 11.2. The minimum Gasteiger partial charge on any atom is -0.352 e. The van der Waals surface area contributed by atoms with Gasteiger partial charge in [0, 0.05) is 6.54 Å². The third kappa shape index (κ3) is 3.41.